The Balaban J connectivity index is 1.32. The van der Waals surface area contributed by atoms with Crippen LogP contribution in [0.2, 0.25) is 0 Å². The lowest BCUT2D eigenvalue weighted by atomic mass is 10.1. The average molecular weight is 387 g/mol. The van der Waals surface area contributed by atoms with E-state index in [4.69, 9.17) is 0 Å². The van der Waals surface area contributed by atoms with Crippen LogP contribution >= 0.6 is 0 Å². The largest absolute Gasteiger partial charge is 0.361 e. The summed E-state index contributed by atoms with van der Waals surface area (Å²) >= 11 is 0. The van der Waals surface area contributed by atoms with Crippen molar-refractivity contribution in [2.24, 2.45) is 4.99 Å². The van der Waals surface area contributed by atoms with E-state index in [1.165, 1.54) is 27.6 Å². The van der Waals surface area contributed by atoms with Gasteiger partial charge in [0.05, 0.1) is 6.54 Å². The highest BCUT2D eigenvalue weighted by Gasteiger charge is 2.06. The molecule has 0 saturated carbocycles. The second-order valence-corrected chi connectivity index (χ2v) is 6.93. The predicted molar refractivity (Wildman–Crippen MR) is 118 cm³/mol. The third kappa shape index (κ3) is 4.66. The first-order chi connectivity index (χ1) is 14.3. The van der Waals surface area contributed by atoms with Crippen molar-refractivity contribution in [1.29, 1.82) is 0 Å². The number of guanidine groups is 1. The molecular formula is C23H26N6. The molecule has 2 aromatic heterocycles. The van der Waals surface area contributed by atoms with E-state index in [0.29, 0.717) is 6.54 Å². The number of aromatic amines is 1. The number of H-pyrrole nitrogens is 1. The fraction of sp³-hybridized carbons (Fsp3) is 0.217. The maximum atomic E-state index is 4.36. The first kappa shape index (κ1) is 18.8. The summed E-state index contributed by atoms with van der Waals surface area (Å²) in [5, 5.41) is 12.4. The van der Waals surface area contributed by atoms with Crippen molar-refractivity contribution in [3.05, 3.63) is 89.9 Å². The van der Waals surface area contributed by atoms with Crippen molar-refractivity contribution in [2.45, 2.75) is 19.5 Å². The molecule has 148 valence electrons. The monoisotopic (exact) mass is 386 g/mol. The number of para-hydroxylation sites is 1. The number of rotatable bonds is 7. The van der Waals surface area contributed by atoms with E-state index < -0.39 is 0 Å². The Bertz CT molecular complexity index is 1080. The first-order valence-corrected chi connectivity index (χ1v) is 9.87. The predicted octanol–water partition coefficient (Wildman–Crippen LogP) is 3.32. The average Bonchev–Trinajstić information content (AvgIpc) is 3.41. The van der Waals surface area contributed by atoms with Crippen molar-refractivity contribution in [2.75, 3.05) is 13.6 Å². The number of hydrogen-bond acceptors (Lipinski definition) is 2. The fourth-order valence-electron chi connectivity index (χ4n) is 3.51. The normalized spacial score (nSPS) is 11.7. The van der Waals surface area contributed by atoms with E-state index in [9.17, 15) is 0 Å². The van der Waals surface area contributed by atoms with E-state index in [0.717, 1.165) is 25.5 Å². The van der Waals surface area contributed by atoms with Crippen LogP contribution in [0.25, 0.3) is 10.9 Å². The van der Waals surface area contributed by atoms with Gasteiger partial charge in [0.15, 0.2) is 5.96 Å². The molecule has 0 bridgehead atoms. The third-order valence-electron chi connectivity index (χ3n) is 5.04. The van der Waals surface area contributed by atoms with Crippen LogP contribution in [-0.4, -0.2) is 34.3 Å². The molecule has 2 heterocycles. The van der Waals surface area contributed by atoms with Gasteiger partial charge in [-0.3, -0.25) is 9.67 Å². The molecule has 0 atom stereocenters. The topological polar surface area (TPSA) is 70.0 Å². The molecule has 0 aliphatic carbocycles. The molecule has 2 aromatic carbocycles. The number of nitrogens with one attached hydrogen (secondary N) is 3. The van der Waals surface area contributed by atoms with Gasteiger partial charge in [0.2, 0.25) is 0 Å². The molecule has 4 aromatic rings. The van der Waals surface area contributed by atoms with Crippen molar-refractivity contribution in [3.63, 3.8) is 0 Å². The van der Waals surface area contributed by atoms with Crippen LogP contribution in [-0.2, 0) is 19.5 Å². The lowest BCUT2D eigenvalue weighted by Gasteiger charge is -2.14. The van der Waals surface area contributed by atoms with Gasteiger partial charge in [-0.15, -0.1) is 0 Å². The minimum atomic E-state index is 0.713. The van der Waals surface area contributed by atoms with Gasteiger partial charge in [-0.05, 0) is 35.2 Å². The summed E-state index contributed by atoms with van der Waals surface area (Å²) in [5.41, 5.74) is 4.98. The Morgan fingerprint density at radius 2 is 1.83 bits per heavy atom. The molecule has 3 N–H and O–H groups in total. The lowest BCUT2D eigenvalue weighted by Crippen LogP contribution is -2.38. The van der Waals surface area contributed by atoms with Gasteiger partial charge in [0.1, 0.15) is 0 Å². The molecule has 4 rings (SSSR count). The number of fused-ring (bicyclic) bond motifs is 1. The molecule has 0 saturated heterocycles. The zero-order valence-corrected chi connectivity index (χ0v) is 16.6. The number of nitrogens with zero attached hydrogens (tertiary/aromatic N) is 3. The molecule has 0 spiro atoms. The van der Waals surface area contributed by atoms with E-state index in [1.807, 2.05) is 16.9 Å². The van der Waals surface area contributed by atoms with E-state index in [-0.39, 0.29) is 0 Å². The zero-order valence-electron chi connectivity index (χ0n) is 16.6. The van der Waals surface area contributed by atoms with Crippen LogP contribution in [0.15, 0.2) is 78.2 Å². The summed E-state index contributed by atoms with van der Waals surface area (Å²) in [7, 11) is 1.80. The Morgan fingerprint density at radius 3 is 2.66 bits per heavy atom. The van der Waals surface area contributed by atoms with Crippen LogP contribution in [0.1, 0.15) is 16.7 Å². The number of benzene rings is 2. The van der Waals surface area contributed by atoms with Crippen LogP contribution in [0.5, 0.6) is 0 Å². The fourth-order valence-corrected chi connectivity index (χ4v) is 3.51. The summed E-state index contributed by atoms with van der Waals surface area (Å²) in [5.74, 6) is 0.804. The van der Waals surface area contributed by atoms with Gasteiger partial charge >= 0.3 is 0 Å². The first-order valence-electron chi connectivity index (χ1n) is 9.87. The molecule has 0 radical (unpaired) electrons. The maximum Gasteiger partial charge on any atom is 0.191 e. The molecule has 0 fully saturated rings. The Hall–Kier alpha value is -3.54. The van der Waals surface area contributed by atoms with Crippen LogP contribution in [0.3, 0.4) is 0 Å². The quantitative estimate of drug-likeness (QED) is 0.337. The minimum Gasteiger partial charge on any atom is -0.361 e. The Kier molecular flexibility index (Phi) is 5.90. The number of aliphatic imine (C=N–C) groups is 1. The Morgan fingerprint density at radius 1 is 1.00 bits per heavy atom. The van der Waals surface area contributed by atoms with Gasteiger partial charge in [0, 0.05) is 49.6 Å². The molecule has 0 aliphatic rings. The maximum absolute atomic E-state index is 4.36. The van der Waals surface area contributed by atoms with E-state index in [2.05, 4.69) is 80.4 Å². The van der Waals surface area contributed by atoms with Crippen LogP contribution in [0, 0.1) is 0 Å². The Labute approximate surface area is 170 Å². The molecule has 0 aliphatic heterocycles. The smallest absolute Gasteiger partial charge is 0.191 e. The highest BCUT2D eigenvalue weighted by Crippen LogP contribution is 2.17. The van der Waals surface area contributed by atoms with Gasteiger partial charge in [-0.2, -0.15) is 5.10 Å². The molecule has 0 unspecified atom stereocenters. The molecular weight excluding hydrogens is 360 g/mol. The molecule has 0 amide bonds. The van der Waals surface area contributed by atoms with Gasteiger partial charge in [-0.25, -0.2) is 0 Å². The second kappa shape index (κ2) is 9.10. The van der Waals surface area contributed by atoms with Gasteiger partial charge < -0.3 is 15.6 Å². The van der Waals surface area contributed by atoms with Crippen molar-refractivity contribution < 1.29 is 0 Å². The summed E-state index contributed by atoms with van der Waals surface area (Å²) in [6.07, 6.45) is 6.81. The highest BCUT2D eigenvalue weighted by molar-refractivity contribution is 5.83. The molecule has 6 heteroatoms. The molecule has 29 heavy (non-hydrogen) atoms. The second-order valence-electron chi connectivity index (χ2n) is 6.93. The van der Waals surface area contributed by atoms with Crippen LogP contribution in [0.4, 0.5) is 0 Å². The van der Waals surface area contributed by atoms with Crippen molar-refractivity contribution >= 4 is 16.9 Å². The van der Waals surface area contributed by atoms with Crippen LogP contribution < -0.4 is 10.6 Å². The standard InChI is InChI=1S/C23H26N6/c1-24-23(25-13-11-19-16-26-22-10-5-4-9-21(19)22)27-15-18-7-2-3-8-20(18)17-29-14-6-12-28-29/h2-10,12,14,16,26H,11,13,15,17H2,1H3,(H2,24,25,27). The minimum absolute atomic E-state index is 0.713. The van der Waals surface area contributed by atoms with E-state index >= 15 is 0 Å². The van der Waals surface area contributed by atoms with Crippen molar-refractivity contribution in [3.8, 4) is 0 Å². The third-order valence-corrected chi connectivity index (χ3v) is 5.04. The summed E-state index contributed by atoms with van der Waals surface area (Å²) < 4.78 is 1.94. The summed E-state index contributed by atoms with van der Waals surface area (Å²) in [4.78, 5) is 7.69. The van der Waals surface area contributed by atoms with Gasteiger partial charge in [0.25, 0.3) is 0 Å². The van der Waals surface area contributed by atoms with Crippen molar-refractivity contribution in [1.82, 2.24) is 25.4 Å². The van der Waals surface area contributed by atoms with Gasteiger partial charge in [-0.1, -0.05) is 42.5 Å². The summed E-state index contributed by atoms with van der Waals surface area (Å²) in [6, 6.07) is 18.8. The lowest BCUT2D eigenvalue weighted by molar-refractivity contribution is 0.677. The molecule has 6 nitrogen and oxygen atoms in total. The number of aromatic nitrogens is 3. The highest BCUT2D eigenvalue weighted by atomic mass is 15.3. The zero-order chi connectivity index (χ0) is 19.9. The summed E-state index contributed by atoms with van der Waals surface area (Å²) in [6.45, 7) is 2.29. The number of hydrogen-bond donors (Lipinski definition) is 3. The SMILES string of the molecule is CN=C(NCCc1c[nH]c2ccccc12)NCc1ccccc1Cn1cccn1. The van der Waals surface area contributed by atoms with E-state index in [1.54, 1.807) is 13.2 Å².